The van der Waals surface area contributed by atoms with Gasteiger partial charge in [0.25, 0.3) is 0 Å². The van der Waals surface area contributed by atoms with Gasteiger partial charge in [-0.25, -0.2) is 8.42 Å². The Labute approximate surface area is 130 Å². The van der Waals surface area contributed by atoms with Gasteiger partial charge in [0.1, 0.15) is 0 Å². The van der Waals surface area contributed by atoms with Crippen LogP contribution < -0.4 is 0 Å². The van der Waals surface area contributed by atoms with E-state index in [1.165, 1.54) is 0 Å². The van der Waals surface area contributed by atoms with Crippen molar-refractivity contribution in [3.63, 3.8) is 0 Å². The van der Waals surface area contributed by atoms with E-state index in [1.54, 1.807) is 6.07 Å². The molecule has 1 unspecified atom stereocenters. The van der Waals surface area contributed by atoms with E-state index in [1.807, 2.05) is 39.0 Å². The van der Waals surface area contributed by atoms with Gasteiger partial charge in [0.05, 0.1) is 19.0 Å². The lowest BCUT2D eigenvalue weighted by atomic mass is 9.82. The fourth-order valence-corrected chi connectivity index (χ4v) is 3.44. The molecule has 0 aliphatic carbocycles. The summed E-state index contributed by atoms with van der Waals surface area (Å²) in [6.07, 6.45) is 0. The molecule has 0 aliphatic rings. The Balaban J connectivity index is 2.62. The van der Waals surface area contributed by atoms with Crippen molar-refractivity contribution in [2.75, 3.05) is 12.4 Å². The lowest BCUT2D eigenvalue weighted by Gasteiger charge is -2.29. The first-order valence-corrected chi connectivity index (χ1v) is 9.19. The lowest BCUT2D eigenvalue weighted by molar-refractivity contribution is 0.0554. The Hall–Kier alpha value is -0.290. The molecule has 0 radical (unpaired) electrons. The highest BCUT2D eigenvalue weighted by Crippen LogP contribution is 2.29. The van der Waals surface area contributed by atoms with Crippen molar-refractivity contribution >= 4 is 31.3 Å². The van der Waals surface area contributed by atoms with E-state index in [9.17, 15) is 8.42 Å². The Morgan fingerprint density at radius 2 is 1.85 bits per heavy atom. The van der Waals surface area contributed by atoms with Crippen LogP contribution in [-0.2, 0) is 20.4 Å². The molecule has 1 aromatic carbocycles. The lowest BCUT2D eigenvalue weighted by Crippen LogP contribution is -2.30. The van der Waals surface area contributed by atoms with Crippen LogP contribution in [0, 0.1) is 11.3 Å². The van der Waals surface area contributed by atoms with Crippen molar-refractivity contribution in [1.29, 1.82) is 0 Å². The zero-order valence-electron chi connectivity index (χ0n) is 11.9. The minimum Gasteiger partial charge on any atom is -0.376 e. The molecular weight excluding hydrogens is 319 g/mol. The van der Waals surface area contributed by atoms with E-state index < -0.39 is 9.05 Å². The van der Waals surface area contributed by atoms with Gasteiger partial charge in [0.15, 0.2) is 0 Å². The molecule has 6 heteroatoms. The van der Waals surface area contributed by atoms with Crippen LogP contribution in [0.15, 0.2) is 24.3 Å². The standard InChI is InChI=1S/C14H20Cl2O3S/c1-14(2,3)12(10-20(16,17)18)9-19-8-11-6-4-5-7-13(11)15/h4-7,12H,8-10H2,1-3H3. The maximum atomic E-state index is 11.3. The second-order valence-electron chi connectivity index (χ2n) is 5.87. The van der Waals surface area contributed by atoms with Crippen LogP contribution in [0.1, 0.15) is 26.3 Å². The van der Waals surface area contributed by atoms with Crippen LogP contribution in [0.4, 0.5) is 0 Å². The minimum absolute atomic E-state index is 0.0966. The first-order chi connectivity index (χ1) is 9.09. The quantitative estimate of drug-likeness (QED) is 0.733. The first kappa shape index (κ1) is 17.8. The van der Waals surface area contributed by atoms with E-state index in [0.717, 1.165) is 5.56 Å². The average Bonchev–Trinajstić information content (AvgIpc) is 2.27. The highest BCUT2D eigenvalue weighted by atomic mass is 35.7. The Bertz CT molecular complexity index is 536. The number of benzene rings is 1. The van der Waals surface area contributed by atoms with Crippen LogP contribution in [0.5, 0.6) is 0 Å². The van der Waals surface area contributed by atoms with Crippen molar-refractivity contribution < 1.29 is 13.2 Å². The summed E-state index contributed by atoms with van der Waals surface area (Å²) in [6, 6.07) is 7.41. The molecule has 0 amide bonds. The number of hydrogen-bond donors (Lipinski definition) is 0. The minimum atomic E-state index is -3.54. The van der Waals surface area contributed by atoms with Crippen LogP contribution in [0.2, 0.25) is 5.02 Å². The predicted molar refractivity (Wildman–Crippen MR) is 83.7 cm³/mol. The molecule has 3 nitrogen and oxygen atoms in total. The van der Waals surface area contributed by atoms with Gasteiger partial charge in [-0.3, -0.25) is 0 Å². The largest absolute Gasteiger partial charge is 0.376 e. The van der Waals surface area contributed by atoms with Gasteiger partial charge in [-0.1, -0.05) is 50.6 Å². The van der Waals surface area contributed by atoms with E-state index >= 15 is 0 Å². The molecule has 0 fully saturated rings. The summed E-state index contributed by atoms with van der Waals surface area (Å²) in [5.41, 5.74) is 0.679. The second kappa shape index (κ2) is 7.12. The maximum absolute atomic E-state index is 11.3. The molecule has 1 aromatic rings. The SMILES string of the molecule is CC(C)(C)C(COCc1ccccc1Cl)CS(=O)(=O)Cl. The molecule has 1 atom stereocenters. The van der Waals surface area contributed by atoms with Crippen LogP contribution >= 0.6 is 22.3 Å². The molecule has 0 saturated heterocycles. The summed E-state index contributed by atoms with van der Waals surface area (Å²) in [5.74, 6) is -0.270. The molecule has 0 saturated carbocycles. The van der Waals surface area contributed by atoms with Gasteiger partial charge >= 0.3 is 0 Å². The number of halogens is 2. The van der Waals surface area contributed by atoms with Gasteiger partial charge in [-0.15, -0.1) is 0 Å². The van der Waals surface area contributed by atoms with Gasteiger partial charge in [0, 0.05) is 21.6 Å². The van der Waals surface area contributed by atoms with Gasteiger partial charge in [-0.2, -0.15) is 0 Å². The highest BCUT2D eigenvalue weighted by molar-refractivity contribution is 8.13. The normalized spacial score (nSPS) is 14.2. The monoisotopic (exact) mass is 338 g/mol. The molecular formula is C14H20Cl2O3S. The average molecular weight is 339 g/mol. The van der Waals surface area contributed by atoms with Crippen molar-refractivity contribution in [2.24, 2.45) is 11.3 Å². The Kier molecular flexibility index (Phi) is 6.32. The maximum Gasteiger partial charge on any atom is 0.232 e. The molecule has 0 aromatic heterocycles. The summed E-state index contributed by atoms with van der Waals surface area (Å²) < 4.78 is 28.2. The molecule has 1 rings (SSSR count). The van der Waals surface area contributed by atoms with Crippen molar-refractivity contribution in [3.05, 3.63) is 34.9 Å². The number of ether oxygens (including phenoxy) is 1. The Morgan fingerprint density at radius 3 is 2.35 bits per heavy atom. The Morgan fingerprint density at radius 1 is 1.25 bits per heavy atom. The molecule has 20 heavy (non-hydrogen) atoms. The topological polar surface area (TPSA) is 43.4 Å². The van der Waals surface area contributed by atoms with Crippen molar-refractivity contribution in [2.45, 2.75) is 27.4 Å². The summed E-state index contributed by atoms with van der Waals surface area (Å²) in [6.45, 7) is 6.59. The summed E-state index contributed by atoms with van der Waals surface area (Å²) in [5, 5.41) is 0.643. The smallest absolute Gasteiger partial charge is 0.232 e. The first-order valence-electron chi connectivity index (χ1n) is 6.33. The van der Waals surface area contributed by atoms with E-state index in [4.69, 9.17) is 27.0 Å². The van der Waals surface area contributed by atoms with Crippen LogP contribution in [-0.4, -0.2) is 20.8 Å². The van der Waals surface area contributed by atoms with Gasteiger partial charge in [0.2, 0.25) is 9.05 Å². The van der Waals surface area contributed by atoms with E-state index in [0.29, 0.717) is 18.2 Å². The molecule has 114 valence electrons. The number of rotatable bonds is 6. The third-order valence-corrected chi connectivity index (χ3v) is 4.71. The predicted octanol–water partition coefficient (Wildman–Crippen LogP) is 4.09. The summed E-state index contributed by atoms with van der Waals surface area (Å²) >= 11 is 6.04. The van der Waals surface area contributed by atoms with Crippen LogP contribution in [0.25, 0.3) is 0 Å². The number of hydrogen-bond acceptors (Lipinski definition) is 3. The molecule has 0 N–H and O–H groups in total. The highest BCUT2D eigenvalue weighted by Gasteiger charge is 2.29. The fourth-order valence-electron chi connectivity index (χ4n) is 1.72. The molecule has 0 heterocycles. The van der Waals surface area contributed by atoms with Crippen LogP contribution in [0.3, 0.4) is 0 Å². The third-order valence-electron chi connectivity index (χ3n) is 3.16. The summed E-state index contributed by atoms with van der Waals surface area (Å²) in [7, 11) is 1.81. The fraction of sp³-hybridized carbons (Fsp3) is 0.571. The van der Waals surface area contributed by atoms with Gasteiger partial charge in [-0.05, 0) is 17.0 Å². The van der Waals surface area contributed by atoms with E-state index in [2.05, 4.69) is 0 Å². The van der Waals surface area contributed by atoms with Crippen molar-refractivity contribution in [3.8, 4) is 0 Å². The zero-order chi connectivity index (χ0) is 15.4. The van der Waals surface area contributed by atoms with Gasteiger partial charge < -0.3 is 4.74 Å². The summed E-state index contributed by atoms with van der Waals surface area (Å²) in [4.78, 5) is 0. The molecule has 0 bridgehead atoms. The third kappa shape index (κ3) is 6.44. The second-order valence-corrected chi connectivity index (χ2v) is 9.10. The zero-order valence-corrected chi connectivity index (χ0v) is 14.2. The molecule has 0 spiro atoms. The molecule has 0 aliphatic heterocycles. The van der Waals surface area contributed by atoms with E-state index in [-0.39, 0.29) is 17.1 Å². The van der Waals surface area contributed by atoms with Crippen molar-refractivity contribution in [1.82, 2.24) is 0 Å².